The molecule has 14 heavy (non-hydrogen) atoms. The van der Waals surface area contributed by atoms with Crippen LogP contribution in [0.5, 0.6) is 0 Å². The Hall–Kier alpha value is -1.06. The van der Waals surface area contributed by atoms with Crippen LogP contribution in [-0.4, -0.2) is 22.5 Å². The van der Waals surface area contributed by atoms with Gasteiger partial charge in [0.15, 0.2) is 0 Å². The van der Waals surface area contributed by atoms with Crippen molar-refractivity contribution in [3.63, 3.8) is 0 Å². The maximum Gasteiger partial charge on any atom is 0.318 e. The smallest absolute Gasteiger partial charge is 0.318 e. The van der Waals surface area contributed by atoms with Gasteiger partial charge in [0, 0.05) is 5.54 Å². The van der Waals surface area contributed by atoms with Crippen molar-refractivity contribution in [1.29, 1.82) is 0 Å². The first kappa shape index (κ1) is 12.9. The minimum absolute atomic E-state index is 0.357. The van der Waals surface area contributed by atoms with Crippen LogP contribution in [0.2, 0.25) is 0 Å². The number of nitrogens with one attached hydrogen (secondary N) is 1. The summed E-state index contributed by atoms with van der Waals surface area (Å²) in [6, 6.07) is 0. The van der Waals surface area contributed by atoms with Crippen LogP contribution in [0.4, 0.5) is 0 Å². The summed E-state index contributed by atoms with van der Waals surface area (Å²) in [6.07, 6.45) is 0.758. The lowest BCUT2D eigenvalue weighted by atomic mass is 9.90. The average molecular weight is 201 g/mol. The minimum Gasteiger partial charge on any atom is -0.480 e. The van der Waals surface area contributed by atoms with E-state index in [9.17, 15) is 9.59 Å². The SMILES string of the molecule is CCC(C)(C)NC(=O)C(C)(C)C(=O)O. The van der Waals surface area contributed by atoms with Crippen molar-refractivity contribution in [2.45, 2.75) is 46.6 Å². The van der Waals surface area contributed by atoms with E-state index in [1.54, 1.807) is 0 Å². The Morgan fingerprint density at radius 1 is 1.21 bits per heavy atom. The first-order chi connectivity index (χ1) is 6.13. The zero-order chi connectivity index (χ0) is 11.6. The van der Waals surface area contributed by atoms with Gasteiger partial charge in [0.05, 0.1) is 0 Å². The van der Waals surface area contributed by atoms with E-state index in [-0.39, 0.29) is 5.54 Å². The van der Waals surface area contributed by atoms with Gasteiger partial charge in [-0.25, -0.2) is 0 Å². The summed E-state index contributed by atoms with van der Waals surface area (Å²) in [5, 5.41) is 11.5. The molecule has 0 heterocycles. The molecule has 0 aliphatic carbocycles. The van der Waals surface area contributed by atoms with Gasteiger partial charge in [-0.2, -0.15) is 0 Å². The Kier molecular flexibility index (Phi) is 3.68. The van der Waals surface area contributed by atoms with Crippen molar-refractivity contribution in [3.8, 4) is 0 Å². The molecule has 0 aliphatic rings. The zero-order valence-corrected chi connectivity index (χ0v) is 9.47. The average Bonchev–Trinajstić information content (AvgIpc) is 2.03. The third-order valence-electron chi connectivity index (χ3n) is 2.44. The fourth-order valence-electron chi connectivity index (χ4n) is 0.649. The Labute approximate surface area is 84.7 Å². The zero-order valence-electron chi connectivity index (χ0n) is 9.47. The molecular weight excluding hydrogens is 182 g/mol. The van der Waals surface area contributed by atoms with Crippen LogP contribution in [0.1, 0.15) is 41.0 Å². The number of hydrogen-bond donors (Lipinski definition) is 2. The normalized spacial score (nSPS) is 12.4. The standard InChI is InChI=1S/C10H19NO3/c1-6-9(2,3)11-7(12)10(4,5)8(13)14/h6H2,1-5H3,(H,11,12)(H,13,14). The van der Waals surface area contributed by atoms with E-state index in [4.69, 9.17) is 5.11 Å². The fourth-order valence-corrected chi connectivity index (χ4v) is 0.649. The Morgan fingerprint density at radius 3 is 1.93 bits per heavy atom. The van der Waals surface area contributed by atoms with E-state index in [1.807, 2.05) is 20.8 Å². The van der Waals surface area contributed by atoms with Crippen molar-refractivity contribution >= 4 is 11.9 Å². The Morgan fingerprint density at radius 2 is 1.64 bits per heavy atom. The molecule has 4 heteroatoms. The second-order valence-corrected chi connectivity index (χ2v) is 4.62. The highest BCUT2D eigenvalue weighted by Gasteiger charge is 2.37. The van der Waals surface area contributed by atoms with Crippen molar-refractivity contribution < 1.29 is 14.7 Å². The van der Waals surface area contributed by atoms with Crippen LogP contribution >= 0.6 is 0 Å². The van der Waals surface area contributed by atoms with E-state index in [0.29, 0.717) is 0 Å². The number of rotatable bonds is 4. The monoisotopic (exact) mass is 201 g/mol. The molecule has 0 aromatic heterocycles. The number of carboxylic acids is 1. The van der Waals surface area contributed by atoms with Crippen LogP contribution in [-0.2, 0) is 9.59 Å². The number of amides is 1. The summed E-state index contributed by atoms with van der Waals surface area (Å²) in [7, 11) is 0. The van der Waals surface area contributed by atoms with Gasteiger partial charge in [-0.3, -0.25) is 9.59 Å². The first-order valence-corrected chi connectivity index (χ1v) is 4.69. The largest absolute Gasteiger partial charge is 0.480 e. The molecule has 0 aliphatic heterocycles. The molecule has 0 spiro atoms. The lowest BCUT2D eigenvalue weighted by Gasteiger charge is -2.29. The molecule has 0 atom stereocenters. The molecular formula is C10H19NO3. The van der Waals surface area contributed by atoms with E-state index in [0.717, 1.165) is 6.42 Å². The highest BCUT2D eigenvalue weighted by molar-refractivity contribution is 6.01. The highest BCUT2D eigenvalue weighted by atomic mass is 16.4. The molecule has 0 saturated carbocycles. The van der Waals surface area contributed by atoms with Gasteiger partial charge >= 0.3 is 5.97 Å². The summed E-state index contributed by atoms with van der Waals surface area (Å²) in [5.74, 6) is -1.56. The van der Waals surface area contributed by atoms with Crippen molar-refractivity contribution in [1.82, 2.24) is 5.32 Å². The predicted octanol–water partition coefficient (Wildman–Crippen LogP) is 1.40. The molecule has 4 nitrogen and oxygen atoms in total. The molecule has 0 fully saturated rings. The topological polar surface area (TPSA) is 66.4 Å². The third-order valence-corrected chi connectivity index (χ3v) is 2.44. The number of carboxylic acid groups (broad SMARTS) is 1. The maximum atomic E-state index is 11.6. The summed E-state index contributed by atoms with van der Waals surface area (Å²) >= 11 is 0. The summed E-state index contributed by atoms with van der Waals surface area (Å²) in [5.41, 5.74) is -1.73. The molecule has 1 amide bonds. The summed E-state index contributed by atoms with van der Waals surface area (Å²) in [6.45, 7) is 8.46. The fraction of sp³-hybridized carbons (Fsp3) is 0.800. The molecule has 0 bridgehead atoms. The summed E-state index contributed by atoms with van der Waals surface area (Å²) in [4.78, 5) is 22.4. The second-order valence-electron chi connectivity index (χ2n) is 4.62. The molecule has 0 aromatic rings. The van der Waals surface area contributed by atoms with Gasteiger partial charge in [0.25, 0.3) is 0 Å². The molecule has 0 unspecified atom stereocenters. The number of aliphatic carboxylic acids is 1. The molecule has 0 saturated heterocycles. The lowest BCUT2D eigenvalue weighted by molar-refractivity contribution is -0.154. The van der Waals surface area contributed by atoms with Crippen molar-refractivity contribution in [2.24, 2.45) is 5.41 Å². The molecule has 0 radical (unpaired) electrons. The molecule has 0 rings (SSSR count). The second kappa shape index (κ2) is 3.98. The Balaban J connectivity index is 4.58. The van der Waals surface area contributed by atoms with Crippen LogP contribution < -0.4 is 5.32 Å². The summed E-state index contributed by atoms with van der Waals surface area (Å²) < 4.78 is 0. The van der Waals surface area contributed by atoms with Gasteiger partial charge < -0.3 is 10.4 Å². The van der Waals surface area contributed by atoms with E-state index < -0.39 is 17.3 Å². The van der Waals surface area contributed by atoms with Crippen LogP contribution in [0.15, 0.2) is 0 Å². The van der Waals surface area contributed by atoms with Gasteiger partial charge in [-0.15, -0.1) is 0 Å². The Bertz CT molecular complexity index is 244. The minimum atomic E-state index is -1.37. The van der Waals surface area contributed by atoms with Crippen molar-refractivity contribution in [2.75, 3.05) is 0 Å². The van der Waals surface area contributed by atoms with Gasteiger partial charge in [-0.05, 0) is 34.1 Å². The van der Waals surface area contributed by atoms with Crippen LogP contribution in [0.3, 0.4) is 0 Å². The van der Waals surface area contributed by atoms with E-state index in [2.05, 4.69) is 5.32 Å². The van der Waals surface area contributed by atoms with Crippen LogP contribution in [0.25, 0.3) is 0 Å². The highest BCUT2D eigenvalue weighted by Crippen LogP contribution is 2.18. The first-order valence-electron chi connectivity index (χ1n) is 4.69. The van der Waals surface area contributed by atoms with Crippen molar-refractivity contribution in [3.05, 3.63) is 0 Å². The number of hydrogen-bond acceptors (Lipinski definition) is 2. The third kappa shape index (κ3) is 3.01. The number of carbonyl (C=O) groups excluding carboxylic acids is 1. The van der Waals surface area contributed by atoms with Gasteiger partial charge in [0.2, 0.25) is 5.91 Å². The molecule has 2 N–H and O–H groups in total. The predicted molar refractivity (Wildman–Crippen MR) is 53.9 cm³/mol. The quantitative estimate of drug-likeness (QED) is 0.676. The lowest BCUT2D eigenvalue weighted by Crippen LogP contribution is -2.51. The van der Waals surface area contributed by atoms with E-state index >= 15 is 0 Å². The van der Waals surface area contributed by atoms with Crippen LogP contribution in [0, 0.1) is 5.41 Å². The number of carbonyl (C=O) groups is 2. The molecule has 82 valence electrons. The maximum absolute atomic E-state index is 11.6. The van der Waals surface area contributed by atoms with Gasteiger partial charge in [0.1, 0.15) is 5.41 Å². The van der Waals surface area contributed by atoms with Gasteiger partial charge in [-0.1, -0.05) is 6.92 Å². The van der Waals surface area contributed by atoms with E-state index in [1.165, 1.54) is 13.8 Å². The molecule has 0 aromatic carbocycles.